The molecular formula is C29H22N2O5. The molecule has 7 nitrogen and oxygen atoms in total. The molecule has 7 heteroatoms. The molecule has 3 aromatic rings. The summed E-state index contributed by atoms with van der Waals surface area (Å²) in [6, 6.07) is 22.5. The molecule has 2 amide bonds. The summed E-state index contributed by atoms with van der Waals surface area (Å²) in [4.78, 5) is 58.5. The number of fused-ring (bicyclic) bond motifs is 6. The molecule has 3 fully saturated rings. The van der Waals surface area contributed by atoms with E-state index >= 15 is 0 Å². The minimum absolute atomic E-state index is 0.306. The highest BCUT2D eigenvalue weighted by molar-refractivity contribution is 6.37. The molecule has 0 bridgehead atoms. The Balaban J connectivity index is 1.27. The van der Waals surface area contributed by atoms with Crippen LogP contribution < -0.4 is 9.64 Å². The molecule has 36 heavy (non-hydrogen) atoms. The van der Waals surface area contributed by atoms with E-state index in [9.17, 15) is 19.2 Å². The van der Waals surface area contributed by atoms with E-state index < -0.39 is 23.3 Å². The van der Waals surface area contributed by atoms with Gasteiger partial charge in [-0.3, -0.25) is 24.1 Å². The third-order valence-corrected chi connectivity index (χ3v) is 8.15. The second kappa shape index (κ2) is 7.45. The van der Waals surface area contributed by atoms with Crippen LogP contribution in [0.5, 0.6) is 11.5 Å². The lowest BCUT2D eigenvalue weighted by Crippen LogP contribution is -2.59. The van der Waals surface area contributed by atoms with E-state index in [1.54, 1.807) is 48.5 Å². The van der Waals surface area contributed by atoms with Gasteiger partial charge in [0.05, 0.1) is 17.5 Å². The number of hydrogen-bond acceptors (Lipinski definition) is 6. The van der Waals surface area contributed by atoms with E-state index in [0.717, 1.165) is 6.42 Å². The Labute approximate surface area is 207 Å². The summed E-state index contributed by atoms with van der Waals surface area (Å²) < 4.78 is 5.84. The van der Waals surface area contributed by atoms with E-state index in [4.69, 9.17) is 4.74 Å². The van der Waals surface area contributed by atoms with Crippen LogP contribution in [0.15, 0.2) is 78.9 Å². The van der Waals surface area contributed by atoms with Crippen molar-refractivity contribution in [3.8, 4) is 11.5 Å². The zero-order valence-electron chi connectivity index (χ0n) is 19.3. The fourth-order valence-electron chi connectivity index (χ4n) is 6.78. The number of para-hydroxylation sites is 1. The molecule has 178 valence electrons. The van der Waals surface area contributed by atoms with Crippen LogP contribution in [0.25, 0.3) is 0 Å². The van der Waals surface area contributed by atoms with Crippen molar-refractivity contribution in [2.45, 2.75) is 24.4 Å². The molecule has 3 aliphatic heterocycles. The molecule has 3 saturated heterocycles. The fourth-order valence-corrected chi connectivity index (χ4v) is 6.78. The largest absolute Gasteiger partial charge is 0.457 e. The molecule has 3 heterocycles. The Morgan fingerprint density at radius 1 is 0.722 bits per heavy atom. The number of carbonyl (C=O) groups excluding carboxylic acids is 4. The van der Waals surface area contributed by atoms with Gasteiger partial charge in [0, 0.05) is 17.2 Å². The molecular weight excluding hydrogens is 456 g/mol. The lowest BCUT2D eigenvalue weighted by Gasteiger charge is -2.35. The molecule has 7 rings (SSSR count). The molecule has 0 N–H and O–H groups in total. The number of benzene rings is 3. The second-order valence-corrected chi connectivity index (χ2v) is 9.80. The highest BCUT2D eigenvalue weighted by Crippen LogP contribution is 2.57. The number of imide groups is 1. The van der Waals surface area contributed by atoms with Gasteiger partial charge in [-0.2, -0.15) is 0 Å². The monoisotopic (exact) mass is 478 g/mol. The van der Waals surface area contributed by atoms with Crippen LogP contribution in [0.2, 0.25) is 0 Å². The SMILES string of the molecule is O=C1[C@H]2[C@@H](C(=O)N1c1ccc(Oc3ccccc3)cc1)C1(C(=O)c3ccccc3C1=O)N1CCC[C@@H]21. The first-order valence-electron chi connectivity index (χ1n) is 12.2. The van der Waals surface area contributed by atoms with Crippen molar-refractivity contribution in [3.63, 3.8) is 0 Å². The number of ether oxygens (including phenoxy) is 1. The average molecular weight is 479 g/mol. The van der Waals surface area contributed by atoms with E-state index in [0.29, 0.717) is 41.3 Å². The Morgan fingerprint density at radius 2 is 1.33 bits per heavy atom. The van der Waals surface area contributed by atoms with Gasteiger partial charge in [-0.25, -0.2) is 4.90 Å². The van der Waals surface area contributed by atoms with Crippen LogP contribution in [-0.2, 0) is 9.59 Å². The van der Waals surface area contributed by atoms with Crippen LogP contribution in [0.3, 0.4) is 0 Å². The summed E-state index contributed by atoms with van der Waals surface area (Å²) in [6.07, 6.45) is 1.45. The normalized spacial score (nSPS) is 26.0. The van der Waals surface area contributed by atoms with Crippen molar-refractivity contribution in [1.82, 2.24) is 4.90 Å². The van der Waals surface area contributed by atoms with E-state index in [2.05, 4.69) is 0 Å². The molecule has 4 aliphatic rings. The molecule has 3 atom stereocenters. The van der Waals surface area contributed by atoms with Crippen molar-refractivity contribution in [1.29, 1.82) is 0 Å². The first-order chi connectivity index (χ1) is 17.5. The van der Waals surface area contributed by atoms with E-state index in [1.807, 2.05) is 35.2 Å². The maximum Gasteiger partial charge on any atom is 0.240 e. The third kappa shape index (κ3) is 2.55. The Morgan fingerprint density at radius 3 is 2.00 bits per heavy atom. The predicted octanol–water partition coefficient (Wildman–Crippen LogP) is 3.88. The van der Waals surface area contributed by atoms with Gasteiger partial charge in [-0.15, -0.1) is 0 Å². The van der Waals surface area contributed by atoms with Gasteiger partial charge in [0.25, 0.3) is 0 Å². The number of nitrogens with zero attached hydrogens (tertiary/aromatic N) is 2. The molecule has 1 aliphatic carbocycles. The fraction of sp³-hybridized carbons (Fsp3) is 0.241. The van der Waals surface area contributed by atoms with Crippen LogP contribution in [0, 0.1) is 11.8 Å². The van der Waals surface area contributed by atoms with Gasteiger partial charge >= 0.3 is 0 Å². The number of hydrogen-bond donors (Lipinski definition) is 0. The number of carbonyl (C=O) groups is 4. The smallest absolute Gasteiger partial charge is 0.240 e. The summed E-state index contributed by atoms with van der Waals surface area (Å²) in [6.45, 7) is 0.523. The Hall–Kier alpha value is -4.10. The van der Waals surface area contributed by atoms with E-state index in [1.165, 1.54) is 4.90 Å². The predicted molar refractivity (Wildman–Crippen MR) is 130 cm³/mol. The number of Topliss-reactive ketones (excluding diaryl/α,β-unsaturated/α-hetero) is 2. The number of rotatable bonds is 3. The van der Waals surface area contributed by atoms with Gasteiger partial charge in [0.15, 0.2) is 17.1 Å². The molecule has 0 radical (unpaired) electrons. The minimum atomic E-state index is -1.63. The maximum absolute atomic E-state index is 14.0. The number of ketones is 2. The van der Waals surface area contributed by atoms with Crippen molar-refractivity contribution in [3.05, 3.63) is 90.0 Å². The standard InChI is InChI=1S/C29H22N2O5/c32-25-20-9-4-5-10-21(20)26(33)29(25)24-23(22-11-6-16-30(22)29)27(34)31(28(24)35)17-12-14-19(15-13-17)36-18-7-2-1-3-8-18/h1-5,7-10,12-15,22-24H,6,11,16H2/t22-,23+,24-/m0/s1. The van der Waals surface area contributed by atoms with Crippen molar-refractivity contribution < 1.29 is 23.9 Å². The average Bonchev–Trinajstić information content (AvgIpc) is 3.60. The van der Waals surface area contributed by atoms with Crippen LogP contribution in [0.1, 0.15) is 33.6 Å². The summed E-state index contributed by atoms with van der Waals surface area (Å²) >= 11 is 0. The van der Waals surface area contributed by atoms with E-state index in [-0.39, 0.29) is 23.5 Å². The van der Waals surface area contributed by atoms with Gasteiger partial charge in [-0.1, -0.05) is 42.5 Å². The zero-order chi connectivity index (χ0) is 24.6. The maximum atomic E-state index is 14.0. The van der Waals surface area contributed by atoms with Crippen molar-refractivity contribution in [2.24, 2.45) is 11.8 Å². The van der Waals surface area contributed by atoms with Crippen LogP contribution in [-0.4, -0.2) is 46.4 Å². The highest BCUT2D eigenvalue weighted by atomic mass is 16.5. The van der Waals surface area contributed by atoms with Crippen molar-refractivity contribution in [2.75, 3.05) is 11.4 Å². The minimum Gasteiger partial charge on any atom is -0.457 e. The lowest BCUT2D eigenvalue weighted by atomic mass is 9.76. The Kier molecular flexibility index (Phi) is 4.39. The van der Waals surface area contributed by atoms with Gasteiger partial charge < -0.3 is 4.74 Å². The molecule has 0 aromatic heterocycles. The number of anilines is 1. The summed E-state index contributed by atoms with van der Waals surface area (Å²) in [5.74, 6) is -2.02. The van der Waals surface area contributed by atoms with Gasteiger partial charge in [0.2, 0.25) is 11.8 Å². The second-order valence-electron chi connectivity index (χ2n) is 9.80. The van der Waals surface area contributed by atoms with Gasteiger partial charge in [-0.05, 0) is 55.8 Å². The summed E-state index contributed by atoms with van der Waals surface area (Å²) in [7, 11) is 0. The molecule has 0 saturated carbocycles. The van der Waals surface area contributed by atoms with Crippen LogP contribution in [0.4, 0.5) is 5.69 Å². The molecule has 1 spiro atoms. The summed E-state index contributed by atoms with van der Waals surface area (Å²) in [5.41, 5.74) is -0.535. The first kappa shape index (κ1) is 21.2. The number of amides is 2. The Bertz CT molecular complexity index is 1410. The topological polar surface area (TPSA) is 84.0 Å². The third-order valence-electron chi connectivity index (χ3n) is 8.15. The highest BCUT2D eigenvalue weighted by Gasteiger charge is 2.76. The zero-order valence-corrected chi connectivity index (χ0v) is 19.3. The van der Waals surface area contributed by atoms with Crippen LogP contribution >= 0.6 is 0 Å². The summed E-state index contributed by atoms with van der Waals surface area (Å²) in [5, 5.41) is 0. The lowest BCUT2D eigenvalue weighted by molar-refractivity contribution is -0.124. The molecule has 0 unspecified atom stereocenters. The van der Waals surface area contributed by atoms with Crippen molar-refractivity contribution >= 4 is 29.1 Å². The molecule has 3 aromatic carbocycles. The first-order valence-corrected chi connectivity index (χ1v) is 12.2. The quantitative estimate of drug-likeness (QED) is 0.420. The van der Waals surface area contributed by atoms with Gasteiger partial charge in [0.1, 0.15) is 11.5 Å².